The number of rotatable bonds is 6. The minimum absolute atomic E-state index is 0.0522. The van der Waals surface area contributed by atoms with Crippen LogP contribution in [0, 0.1) is 5.92 Å². The predicted molar refractivity (Wildman–Crippen MR) is 119 cm³/mol. The molecule has 0 radical (unpaired) electrons. The number of hydrogen-bond donors (Lipinski definition) is 2. The molecule has 0 spiro atoms. The zero-order valence-corrected chi connectivity index (χ0v) is 17.7. The number of ketones is 1. The number of nitrogens with one attached hydrogen (secondary N) is 1. The minimum atomic E-state index is -0.744. The monoisotopic (exact) mass is 433 g/mol. The lowest BCUT2D eigenvalue weighted by molar-refractivity contribution is -0.132. The first-order valence-electron chi connectivity index (χ1n) is 10.5. The number of hydrogen-bond acceptors (Lipinski definition) is 6. The van der Waals surface area contributed by atoms with E-state index < -0.39 is 17.7 Å². The second kappa shape index (κ2) is 8.66. The highest BCUT2D eigenvalue weighted by molar-refractivity contribution is 6.51. The van der Waals surface area contributed by atoms with E-state index in [0.29, 0.717) is 24.2 Å². The summed E-state index contributed by atoms with van der Waals surface area (Å²) in [6.07, 6.45) is 4.22. The Kier molecular flexibility index (Phi) is 5.77. The zero-order valence-electron chi connectivity index (χ0n) is 17.7. The number of H-pyrrole nitrogens is 1. The molecule has 32 heavy (non-hydrogen) atoms. The molecule has 1 aromatic carbocycles. The normalized spacial score (nSPS) is 18.0. The van der Waals surface area contributed by atoms with Gasteiger partial charge in [0.25, 0.3) is 11.7 Å². The third-order valence-electron chi connectivity index (χ3n) is 5.92. The van der Waals surface area contributed by atoms with Gasteiger partial charge in [0.2, 0.25) is 5.56 Å². The van der Waals surface area contributed by atoms with Crippen LogP contribution in [-0.4, -0.2) is 33.0 Å². The summed E-state index contributed by atoms with van der Waals surface area (Å²) in [4.78, 5) is 41.5. The fourth-order valence-electron chi connectivity index (χ4n) is 4.19. The second-order valence-electron chi connectivity index (χ2n) is 7.66. The maximum absolute atomic E-state index is 13.1. The van der Waals surface area contributed by atoms with Crippen LogP contribution < -0.4 is 10.5 Å². The van der Waals surface area contributed by atoms with E-state index in [-0.39, 0.29) is 28.4 Å². The molecule has 0 saturated carbocycles. The molecule has 0 aliphatic carbocycles. The number of carbonyl (C=O) groups is 2. The third-order valence-corrected chi connectivity index (χ3v) is 5.92. The highest BCUT2D eigenvalue weighted by Gasteiger charge is 2.48. The van der Waals surface area contributed by atoms with Gasteiger partial charge < -0.3 is 14.6 Å². The van der Waals surface area contributed by atoms with Gasteiger partial charge in [-0.2, -0.15) is 0 Å². The van der Waals surface area contributed by atoms with Crippen molar-refractivity contribution in [2.24, 2.45) is 5.92 Å². The molecular formula is C24H23N3O5. The van der Waals surface area contributed by atoms with E-state index in [1.54, 1.807) is 30.3 Å². The van der Waals surface area contributed by atoms with Gasteiger partial charge in [-0.3, -0.25) is 19.3 Å². The van der Waals surface area contributed by atoms with Gasteiger partial charge in [-0.15, -0.1) is 0 Å². The number of aliphatic hydroxyl groups excluding tert-OH is 1. The van der Waals surface area contributed by atoms with E-state index in [1.165, 1.54) is 29.5 Å². The summed E-state index contributed by atoms with van der Waals surface area (Å²) in [6, 6.07) is 10.9. The molecule has 1 atom stereocenters. The molecular weight excluding hydrogens is 410 g/mol. The third kappa shape index (κ3) is 3.64. The average molecular weight is 433 g/mol. The Hall–Kier alpha value is -3.94. The van der Waals surface area contributed by atoms with Crippen molar-refractivity contribution < 1.29 is 19.2 Å². The Morgan fingerprint density at radius 1 is 1.09 bits per heavy atom. The molecule has 2 N–H and O–H groups in total. The highest BCUT2D eigenvalue weighted by atomic mass is 16.5. The number of Topliss-reactive ketones (excluding diaryl/α,β-unsaturated/α-hetero) is 1. The van der Waals surface area contributed by atoms with Crippen LogP contribution >= 0.6 is 0 Å². The summed E-state index contributed by atoms with van der Waals surface area (Å²) < 4.78 is 4.88. The lowest BCUT2D eigenvalue weighted by atomic mass is 9.87. The van der Waals surface area contributed by atoms with Crippen LogP contribution in [0.2, 0.25) is 0 Å². The Balaban J connectivity index is 1.82. The molecule has 4 rings (SSSR count). The van der Waals surface area contributed by atoms with Gasteiger partial charge in [0, 0.05) is 35.1 Å². The lowest BCUT2D eigenvalue weighted by Crippen LogP contribution is -2.39. The minimum Gasteiger partial charge on any atom is -0.507 e. The first-order valence-corrected chi connectivity index (χ1v) is 10.5. The summed E-state index contributed by atoms with van der Waals surface area (Å²) in [5.74, 6) is -1.79. The fourth-order valence-corrected chi connectivity index (χ4v) is 4.19. The van der Waals surface area contributed by atoms with Gasteiger partial charge in [-0.25, -0.2) is 0 Å². The molecule has 0 bridgehead atoms. The van der Waals surface area contributed by atoms with E-state index in [0.717, 1.165) is 5.56 Å². The van der Waals surface area contributed by atoms with Crippen molar-refractivity contribution in [3.63, 3.8) is 0 Å². The number of aliphatic hydroxyl groups is 1. The Morgan fingerprint density at radius 3 is 2.38 bits per heavy atom. The molecule has 1 aliphatic heterocycles. The summed E-state index contributed by atoms with van der Waals surface area (Å²) in [7, 11) is 0. The van der Waals surface area contributed by atoms with Crippen molar-refractivity contribution in [3.05, 3.63) is 76.4 Å². The number of aromatic amines is 1. The molecule has 3 aromatic rings. The van der Waals surface area contributed by atoms with E-state index in [1.807, 2.05) is 13.8 Å². The van der Waals surface area contributed by atoms with Crippen molar-refractivity contribution in [2.75, 3.05) is 4.90 Å². The maximum Gasteiger partial charge on any atom is 0.299 e. The smallest absolute Gasteiger partial charge is 0.299 e. The Labute approximate surface area is 184 Å². The maximum atomic E-state index is 13.1. The molecule has 1 aliphatic rings. The van der Waals surface area contributed by atoms with Crippen LogP contribution in [0.3, 0.4) is 0 Å². The topological polar surface area (TPSA) is 116 Å². The molecule has 1 unspecified atom stereocenters. The lowest BCUT2D eigenvalue weighted by Gasteiger charge is -2.31. The molecule has 1 saturated heterocycles. The summed E-state index contributed by atoms with van der Waals surface area (Å²) in [5.41, 5.74) is 2.03. The van der Waals surface area contributed by atoms with Gasteiger partial charge in [-0.1, -0.05) is 44.0 Å². The van der Waals surface area contributed by atoms with E-state index in [4.69, 9.17) is 4.52 Å². The van der Waals surface area contributed by atoms with Crippen molar-refractivity contribution in [1.29, 1.82) is 0 Å². The first-order chi connectivity index (χ1) is 15.5. The van der Waals surface area contributed by atoms with Crippen molar-refractivity contribution >= 4 is 23.1 Å². The van der Waals surface area contributed by atoms with Crippen molar-refractivity contribution in [1.82, 2.24) is 10.1 Å². The Bertz CT molecular complexity index is 1200. The van der Waals surface area contributed by atoms with Crippen molar-refractivity contribution in [3.8, 4) is 11.3 Å². The van der Waals surface area contributed by atoms with Gasteiger partial charge in [-0.05, 0) is 24.1 Å². The largest absolute Gasteiger partial charge is 0.507 e. The summed E-state index contributed by atoms with van der Waals surface area (Å²) in [5, 5.41) is 14.9. The fraction of sp³-hybridized carbons (Fsp3) is 0.250. The number of nitrogens with zero attached hydrogens (tertiary/aromatic N) is 2. The van der Waals surface area contributed by atoms with Gasteiger partial charge in [0.1, 0.15) is 17.7 Å². The van der Waals surface area contributed by atoms with Gasteiger partial charge >= 0.3 is 0 Å². The van der Waals surface area contributed by atoms with E-state index in [2.05, 4.69) is 10.1 Å². The molecule has 8 nitrogen and oxygen atoms in total. The van der Waals surface area contributed by atoms with E-state index >= 15 is 0 Å². The molecule has 164 valence electrons. The van der Waals surface area contributed by atoms with Crippen LogP contribution in [0.25, 0.3) is 17.0 Å². The van der Waals surface area contributed by atoms with Crippen molar-refractivity contribution in [2.45, 2.75) is 32.7 Å². The quantitative estimate of drug-likeness (QED) is 0.348. The summed E-state index contributed by atoms with van der Waals surface area (Å²) in [6.45, 7) is 3.98. The molecule has 3 heterocycles. The van der Waals surface area contributed by atoms with E-state index in [9.17, 15) is 19.5 Å². The predicted octanol–water partition coefficient (Wildman–Crippen LogP) is 3.72. The van der Waals surface area contributed by atoms with Crippen LogP contribution in [0.15, 0.2) is 69.8 Å². The van der Waals surface area contributed by atoms with Crippen LogP contribution in [-0.2, 0) is 9.59 Å². The van der Waals surface area contributed by atoms with Crippen LogP contribution in [0.1, 0.15) is 32.3 Å². The Morgan fingerprint density at radius 2 is 1.81 bits per heavy atom. The molecule has 2 aromatic heterocycles. The number of benzene rings is 1. The number of aromatic nitrogens is 2. The van der Waals surface area contributed by atoms with Gasteiger partial charge in [0.05, 0.1) is 11.6 Å². The zero-order chi connectivity index (χ0) is 22.8. The number of pyridine rings is 1. The van der Waals surface area contributed by atoms with Gasteiger partial charge in [0.15, 0.2) is 0 Å². The number of amides is 1. The first kappa shape index (κ1) is 21.3. The second-order valence-corrected chi connectivity index (χ2v) is 7.66. The molecule has 8 heteroatoms. The number of carbonyl (C=O) groups excluding carboxylic acids is 2. The highest BCUT2D eigenvalue weighted by Crippen LogP contribution is 2.38. The molecule has 1 amide bonds. The van der Waals surface area contributed by atoms with Crippen LogP contribution in [0.4, 0.5) is 5.69 Å². The average Bonchev–Trinajstić information content (AvgIpc) is 3.43. The van der Waals surface area contributed by atoms with Crippen LogP contribution in [0.5, 0.6) is 0 Å². The standard InChI is InChI=1S/C24H23N3O5/c1-3-14(4-2)21-20(22(29)16-7-10-19(28)25-13-16)23(30)24(31)27(21)17-8-5-15(6-9-17)18-11-12-32-26-18/h5-14,21,29H,3-4H2,1-2H3,(H,25,28). The molecule has 1 fully saturated rings. The number of anilines is 1. The summed E-state index contributed by atoms with van der Waals surface area (Å²) >= 11 is 0. The SMILES string of the molecule is CCC(CC)C1C(=C(O)c2ccc(=O)[nH]c2)C(=O)C(=O)N1c1ccc(-c2ccon2)cc1.